The molecule has 0 aliphatic heterocycles. The van der Waals surface area contributed by atoms with Crippen LogP contribution in [0.1, 0.15) is 54.4 Å². The van der Waals surface area contributed by atoms with Crippen LogP contribution in [0.15, 0.2) is 72.8 Å². The molecule has 11 heteroatoms. The third-order valence-corrected chi connectivity index (χ3v) is 8.73. The number of nitrogens with zero attached hydrogens (tertiary/aromatic N) is 3. The fourth-order valence-corrected chi connectivity index (χ4v) is 5.75. The van der Waals surface area contributed by atoms with Crippen LogP contribution in [0.4, 0.5) is 5.69 Å². The summed E-state index contributed by atoms with van der Waals surface area (Å²) >= 11 is 0. The first kappa shape index (κ1) is 30.1. The molecule has 2 aliphatic carbocycles. The quantitative estimate of drug-likeness (QED) is 0.173. The molecule has 6 rings (SSSR count). The molecule has 0 saturated heterocycles. The van der Waals surface area contributed by atoms with E-state index in [1.165, 1.54) is 0 Å². The smallest absolute Gasteiger partial charge is 0.251 e. The monoisotopic (exact) mass is 606 g/mol. The average molecular weight is 607 g/mol. The van der Waals surface area contributed by atoms with Crippen LogP contribution in [0, 0.1) is 11.8 Å². The Morgan fingerprint density at radius 1 is 0.822 bits per heavy atom. The zero-order chi connectivity index (χ0) is 31.2. The van der Waals surface area contributed by atoms with Gasteiger partial charge in [0.05, 0.1) is 0 Å². The van der Waals surface area contributed by atoms with Gasteiger partial charge in [-0.1, -0.05) is 36.4 Å². The van der Waals surface area contributed by atoms with E-state index in [2.05, 4.69) is 36.6 Å². The van der Waals surface area contributed by atoms with Crippen molar-refractivity contribution in [2.45, 2.75) is 57.0 Å². The highest BCUT2D eigenvalue weighted by molar-refractivity contribution is 5.98. The number of nitrogens with two attached hydrogens (primary N) is 1. The molecule has 3 amide bonds. The van der Waals surface area contributed by atoms with E-state index in [1.807, 2.05) is 48.5 Å². The second-order valence-electron chi connectivity index (χ2n) is 12.0. The maximum atomic E-state index is 13.6. The molecule has 6 N–H and O–H groups in total. The molecule has 0 radical (unpaired) electrons. The highest BCUT2D eigenvalue weighted by Crippen LogP contribution is 2.29. The number of benzene rings is 3. The fourth-order valence-electron chi connectivity index (χ4n) is 5.75. The summed E-state index contributed by atoms with van der Waals surface area (Å²) in [6.45, 7) is 0.640. The zero-order valence-corrected chi connectivity index (χ0v) is 25.0. The number of hydrogen-bond acceptors (Lipinski definition) is 7. The maximum Gasteiger partial charge on any atom is 0.251 e. The molecular formula is C34H38N8O3. The Morgan fingerprint density at radius 3 is 2.07 bits per heavy atom. The largest absolute Gasteiger partial charge is 0.349 e. The minimum Gasteiger partial charge on any atom is -0.349 e. The van der Waals surface area contributed by atoms with Crippen molar-refractivity contribution in [3.63, 3.8) is 0 Å². The van der Waals surface area contributed by atoms with E-state index in [4.69, 9.17) is 5.73 Å². The van der Waals surface area contributed by atoms with Gasteiger partial charge in [0.15, 0.2) is 0 Å². The Morgan fingerprint density at radius 2 is 1.47 bits per heavy atom. The Bertz CT molecular complexity index is 1590. The molecule has 0 bridgehead atoms. The highest BCUT2D eigenvalue weighted by atomic mass is 16.2. The Labute approximate surface area is 261 Å². The van der Waals surface area contributed by atoms with Gasteiger partial charge in [0, 0.05) is 35.2 Å². The first-order valence-electron chi connectivity index (χ1n) is 15.6. The first-order chi connectivity index (χ1) is 21.9. The van der Waals surface area contributed by atoms with Crippen molar-refractivity contribution in [2.75, 3.05) is 11.9 Å². The van der Waals surface area contributed by atoms with Gasteiger partial charge in [-0.15, -0.1) is 10.2 Å². The van der Waals surface area contributed by atoms with Crippen molar-refractivity contribution in [1.82, 2.24) is 31.3 Å². The number of aromatic nitrogens is 4. The van der Waals surface area contributed by atoms with Crippen molar-refractivity contribution >= 4 is 23.4 Å². The Balaban J connectivity index is 1.13. The Kier molecular flexibility index (Phi) is 9.25. The zero-order valence-electron chi connectivity index (χ0n) is 25.0. The second kappa shape index (κ2) is 13.8. The third kappa shape index (κ3) is 7.79. The summed E-state index contributed by atoms with van der Waals surface area (Å²) < 4.78 is 0. The van der Waals surface area contributed by atoms with Gasteiger partial charge in [0.2, 0.25) is 17.6 Å². The summed E-state index contributed by atoms with van der Waals surface area (Å²) in [6, 6.07) is 22.2. The molecule has 1 heterocycles. The summed E-state index contributed by atoms with van der Waals surface area (Å²) in [5, 5.41) is 23.0. The number of rotatable bonds is 11. The number of aromatic amines is 1. The lowest BCUT2D eigenvalue weighted by molar-refractivity contribution is -0.130. The van der Waals surface area contributed by atoms with Crippen LogP contribution in [-0.2, 0) is 16.0 Å². The molecule has 1 atom stereocenters. The van der Waals surface area contributed by atoms with E-state index >= 15 is 0 Å². The topological polar surface area (TPSA) is 168 Å². The number of tetrazole rings is 1. The molecule has 1 aromatic heterocycles. The molecule has 2 saturated carbocycles. The molecule has 11 nitrogen and oxygen atoms in total. The fraction of sp³-hybridized carbons (Fsp3) is 0.353. The van der Waals surface area contributed by atoms with E-state index in [0.29, 0.717) is 42.0 Å². The number of nitrogens with one attached hydrogen (secondary N) is 4. The summed E-state index contributed by atoms with van der Waals surface area (Å²) in [4.78, 5) is 39.3. The number of hydrogen-bond donors (Lipinski definition) is 5. The van der Waals surface area contributed by atoms with Crippen molar-refractivity contribution < 1.29 is 14.4 Å². The van der Waals surface area contributed by atoms with Crippen LogP contribution in [-0.4, -0.2) is 57.0 Å². The van der Waals surface area contributed by atoms with Gasteiger partial charge in [-0.05, 0) is 109 Å². The van der Waals surface area contributed by atoms with Crippen LogP contribution in [0.2, 0.25) is 0 Å². The molecule has 4 aromatic rings. The molecule has 2 fully saturated rings. The van der Waals surface area contributed by atoms with E-state index in [1.54, 1.807) is 24.3 Å². The van der Waals surface area contributed by atoms with Crippen molar-refractivity contribution in [3.8, 4) is 22.5 Å². The van der Waals surface area contributed by atoms with Crippen molar-refractivity contribution in [2.24, 2.45) is 17.6 Å². The summed E-state index contributed by atoms with van der Waals surface area (Å²) in [5.74, 6) is 0.352. The van der Waals surface area contributed by atoms with Gasteiger partial charge in [-0.2, -0.15) is 5.21 Å². The van der Waals surface area contributed by atoms with Crippen LogP contribution < -0.4 is 21.7 Å². The predicted octanol–water partition coefficient (Wildman–Crippen LogP) is 3.86. The average Bonchev–Trinajstić information content (AvgIpc) is 3.72. The molecule has 45 heavy (non-hydrogen) atoms. The van der Waals surface area contributed by atoms with E-state index in [-0.39, 0.29) is 23.6 Å². The van der Waals surface area contributed by atoms with Crippen LogP contribution in [0.25, 0.3) is 22.5 Å². The summed E-state index contributed by atoms with van der Waals surface area (Å²) in [6.07, 6.45) is 5.82. The highest BCUT2D eigenvalue weighted by Gasteiger charge is 2.29. The number of H-pyrrole nitrogens is 1. The van der Waals surface area contributed by atoms with Crippen LogP contribution >= 0.6 is 0 Å². The van der Waals surface area contributed by atoms with Crippen LogP contribution in [0.5, 0.6) is 0 Å². The third-order valence-electron chi connectivity index (χ3n) is 8.73. The molecule has 0 spiro atoms. The lowest BCUT2D eigenvalue weighted by Crippen LogP contribution is -2.48. The molecule has 3 aromatic carbocycles. The second-order valence-corrected chi connectivity index (χ2v) is 12.0. The van der Waals surface area contributed by atoms with Gasteiger partial charge < -0.3 is 21.7 Å². The molecule has 2 aliphatic rings. The van der Waals surface area contributed by atoms with Crippen molar-refractivity contribution in [1.29, 1.82) is 0 Å². The predicted molar refractivity (Wildman–Crippen MR) is 171 cm³/mol. The van der Waals surface area contributed by atoms with E-state index < -0.39 is 6.04 Å². The molecular weight excluding hydrogens is 568 g/mol. The summed E-state index contributed by atoms with van der Waals surface area (Å²) in [7, 11) is 0. The van der Waals surface area contributed by atoms with Gasteiger partial charge in [-0.3, -0.25) is 14.4 Å². The minimum atomic E-state index is -0.767. The number of anilines is 1. The van der Waals surface area contributed by atoms with Gasteiger partial charge in [0.25, 0.3) is 5.91 Å². The molecule has 232 valence electrons. The normalized spacial score (nSPS) is 18.5. The maximum absolute atomic E-state index is 13.6. The number of amides is 3. The SMILES string of the molecule is NCC1CCC(C(=O)N[C@@H](Cc2ccc(-c3ccc(C(=O)NC4CC4)cc3)cc2)C(=O)Nc2ccc(-c3nn[nH]n3)cc2)CC1. The van der Waals surface area contributed by atoms with Crippen LogP contribution in [0.3, 0.4) is 0 Å². The van der Waals surface area contributed by atoms with E-state index in [0.717, 1.165) is 60.8 Å². The minimum absolute atomic E-state index is 0.0406. The first-order valence-corrected chi connectivity index (χ1v) is 15.6. The number of carbonyl (C=O) groups excluding carboxylic acids is 3. The Hall–Kier alpha value is -4.90. The van der Waals surface area contributed by atoms with Gasteiger partial charge in [0.1, 0.15) is 6.04 Å². The van der Waals surface area contributed by atoms with Gasteiger partial charge in [-0.25, -0.2) is 0 Å². The van der Waals surface area contributed by atoms with E-state index in [9.17, 15) is 14.4 Å². The number of carbonyl (C=O) groups is 3. The van der Waals surface area contributed by atoms with Gasteiger partial charge >= 0.3 is 0 Å². The molecule has 0 unspecified atom stereocenters. The van der Waals surface area contributed by atoms with Crippen molar-refractivity contribution in [3.05, 3.63) is 83.9 Å². The lowest BCUT2D eigenvalue weighted by atomic mass is 9.81. The standard InChI is InChI=1S/C34H38N8O3/c35-20-22-3-7-26(8-4-22)33(44)38-30(34(45)37-28-15-13-25(14-16-28)31-39-41-42-40-31)19-21-1-5-23(6-2-21)24-9-11-27(12-10-24)32(43)36-29-17-18-29/h1-2,5-6,9-16,22,26,29-30H,3-4,7-8,17-20,35H2,(H,36,43)(H,37,45)(H,38,44)(H,39,40,41,42)/t22?,26?,30-/m0/s1. The summed E-state index contributed by atoms with van der Waals surface area (Å²) in [5.41, 5.74) is 10.7. The lowest BCUT2D eigenvalue weighted by Gasteiger charge is -2.28.